The molecule has 2 aliphatic heterocycles. The van der Waals surface area contributed by atoms with Crippen molar-refractivity contribution in [3.8, 4) is 0 Å². The Morgan fingerprint density at radius 1 is 0.867 bits per heavy atom. The molecule has 0 bridgehead atoms. The van der Waals surface area contributed by atoms with E-state index in [-0.39, 0.29) is 23.9 Å². The Morgan fingerprint density at radius 3 is 2.53 bits per heavy atom. The van der Waals surface area contributed by atoms with E-state index in [1.54, 1.807) is 6.08 Å². The van der Waals surface area contributed by atoms with E-state index in [0.29, 0.717) is 25.9 Å². The molecule has 2 unspecified atom stereocenters. The van der Waals surface area contributed by atoms with Crippen LogP contribution in [-0.2, 0) is 9.59 Å². The molecule has 1 fully saturated rings. The maximum Gasteiger partial charge on any atom is 0.247 e. The Kier molecular flexibility index (Phi) is 6.60. The van der Waals surface area contributed by atoms with Crippen molar-refractivity contribution >= 4 is 17.9 Å². The summed E-state index contributed by atoms with van der Waals surface area (Å²) < 4.78 is 0. The predicted molar refractivity (Wildman–Crippen MR) is 119 cm³/mol. The fourth-order valence-corrected chi connectivity index (χ4v) is 4.40. The molecule has 2 heterocycles. The molecular weight excluding hydrogens is 374 g/mol. The fourth-order valence-electron chi connectivity index (χ4n) is 4.40. The molecule has 1 saturated heterocycles. The minimum Gasteiger partial charge on any atom is -0.356 e. The van der Waals surface area contributed by atoms with E-state index in [4.69, 9.17) is 0 Å². The van der Waals surface area contributed by atoms with E-state index in [0.717, 1.165) is 36.1 Å². The summed E-state index contributed by atoms with van der Waals surface area (Å²) in [6, 6.07) is 18.3. The van der Waals surface area contributed by atoms with Gasteiger partial charge < -0.3 is 15.5 Å². The average Bonchev–Trinajstić information content (AvgIpc) is 2.89. The Labute approximate surface area is 178 Å². The summed E-state index contributed by atoms with van der Waals surface area (Å²) in [5.41, 5.74) is 3.37. The lowest BCUT2D eigenvalue weighted by atomic mass is 9.97. The minimum absolute atomic E-state index is 0.00280. The van der Waals surface area contributed by atoms with E-state index in [1.165, 1.54) is 0 Å². The van der Waals surface area contributed by atoms with Crippen LogP contribution in [-0.4, -0.2) is 36.3 Å². The van der Waals surface area contributed by atoms with Crippen LogP contribution >= 0.6 is 0 Å². The largest absolute Gasteiger partial charge is 0.356 e. The van der Waals surface area contributed by atoms with Crippen LogP contribution < -0.4 is 10.6 Å². The molecule has 0 aromatic heterocycles. The Bertz CT molecular complexity index is 910. The number of fused-ring (bicyclic) bond motifs is 3. The van der Waals surface area contributed by atoms with Gasteiger partial charge in [0.15, 0.2) is 0 Å². The molecule has 2 N–H and O–H groups in total. The Hall–Kier alpha value is -2.92. The highest BCUT2D eigenvalue weighted by Gasteiger charge is 2.27. The molecule has 2 aromatic rings. The lowest BCUT2D eigenvalue weighted by Gasteiger charge is -2.31. The highest BCUT2D eigenvalue weighted by molar-refractivity contribution is 5.93. The molecule has 2 aromatic carbocycles. The first-order valence-electron chi connectivity index (χ1n) is 10.8. The second-order valence-corrected chi connectivity index (χ2v) is 7.98. The third-order valence-corrected chi connectivity index (χ3v) is 5.97. The number of carbonyl (C=O) groups is 2. The molecule has 0 spiro atoms. The first-order valence-corrected chi connectivity index (χ1v) is 10.8. The molecule has 2 aliphatic rings. The first kappa shape index (κ1) is 20.4. The molecule has 0 saturated carbocycles. The summed E-state index contributed by atoms with van der Waals surface area (Å²) in [7, 11) is 0. The molecule has 30 heavy (non-hydrogen) atoms. The standard InChI is InChI=1S/C25H29N3O2/c29-24-18-22(20-9-2-1-3-10-20)26-15-6-7-17-28-23(14-16-27-24)21-11-5-4-8-19(21)12-13-25(28)30/h1-5,8-13,22-23,26H,6-7,14-18H2,(H,27,29). The Morgan fingerprint density at radius 2 is 1.67 bits per heavy atom. The molecule has 0 aliphatic carbocycles. The number of amides is 2. The van der Waals surface area contributed by atoms with Gasteiger partial charge in [-0.15, -0.1) is 0 Å². The number of hydrogen-bond donors (Lipinski definition) is 2. The summed E-state index contributed by atoms with van der Waals surface area (Å²) in [5.74, 6) is 0.0843. The molecule has 2 atom stereocenters. The van der Waals surface area contributed by atoms with Crippen molar-refractivity contribution in [3.05, 3.63) is 77.4 Å². The molecular formula is C25H29N3O2. The van der Waals surface area contributed by atoms with Crippen molar-refractivity contribution in [2.75, 3.05) is 19.6 Å². The van der Waals surface area contributed by atoms with Crippen molar-refractivity contribution < 1.29 is 9.59 Å². The molecule has 5 nitrogen and oxygen atoms in total. The van der Waals surface area contributed by atoms with Crippen LogP contribution in [0.4, 0.5) is 0 Å². The summed E-state index contributed by atoms with van der Waals surface area (Å²) in [5, 5.41) is 6.62. The molecule has 156 valence electrons. The molecule has 5 heteroatoms. The third kappa shape index (κ3) is 4.79. The number of carbonyl (C=O) groups excluding carboxylic acids is 2. The second kappa shape index (κ2) is 9.72. The molecule has 2 amide bonds. The van der Waals surface area contributed by atoms with E-state index >= 15 is 0 Å². The summed E-state index contributed by atoms with van der Waals surface area (Å²) >= 11 is 0. The van der Waals surface area contributed by atoms with Crippen molar-refractivity contribution in [1.82, 2.24) is 15.5 Å². The second-order valence-electron chi connectivity index (χ2n) is 7.98. The Balaban J connectivity index is 1.53. The number of rotatable bonds is 1. The average molecular weight is 404 g/mol. The molecule has 0 radical (unpaired) electrons. The van der Waals surface area contributed by atoms with Crippen LogP contribution in [0.15, 0.2) is 60.7 Å². The quantitative estimate of drug-likeness (QED) is 0.765. The van der Waals surface area contributed by atoms with Gasteiger partial charge in [-0.05, 0) is 48.6 Å². The van der Waals surface area contributed by atoms with Crippen LogP contribution in [0.2, 0.25) is 0 Å². The smallest absolute Gasteiger partial charge is 0.247 e. The van der Waals surface area contributed by atoms with E-state index in [9.17, 15) is 9.59 Å². The lowest BCUT2D eigenvalue weighted by molar-refractivity contribution is -0.128. The normalized spacial score (nSPS) is 23.1. The third-order valence-electron chi connectivity index (χ3n) is 5.97. The zero-order chi connectivity index (χ0) is 20.8. The van der Waals surface area contributed by atoms with E-state index < -0.39 is 0 Å². The number of hydrogen-bond acceptors (Lipinski definition) is 3. The van der Waals surface area contributed by atoms with Crippen molar-refractivity contribution in [2.24, 2.45) is 0 Å². The minimum atomic E-state index is -0.0253. The van der Waals surface area contributed by atoms with Crippen molar-refractivity contribution in [2.45, 2.75) is 37.8 Å². The van der Waals surface area contributed by atoms with Gasteiger partial charge in [-0.1, -0.05) is 54.6 Å². The van der Waals surface area contributed by atoms with Gasteiger partial charge in [0, 0.05) is 31.6 Å². The fraction of sp³-hybridized carbons (Fsp3) is 0.360. The lowest BCUT2D eigenvalue weighted by Crippen LogP contribution is -2.36. The van der Waals surface area contributed by atoms with Gasteiger partial charge >= 0.3 is 0 Å². The highest BCUT2D eigenvalue weighted by Crippen LogP contribution is 2.31. The van der Waals surface area contributed by atoms with Gasteiger partial charge in [-0.3, -0.25) is 9.59 Å². The SMILES string of the molecule is O=C1CC(c2ccccc2)NCCCCN2C(=O)C=Cc3ccccc3C2CCN1. The van der Waals surface area contributed by atoms with Gasteiger partial charge in [-0.2, -0.15) is 0 Å². The van der Waals surface area contributed by atoms with Crippen LogP contribution in [0.5, 0.6) is 0 Å². The van der Waals surface area contributed by atoms with E-state index in [2.05, 4.69) is 34.9 Å². The topological polar surface area (TPSA) is 61.4 Å². The molecule has 4 rings (SSSR count). The summed E-state index contributed by atoms with van der Waals surface area (Å²) in [4.78, 5) is 27.5. The maximum atomic E-state index is 12.8. The number of nitrogens with zero attached hydrogens (tertiary/aromatic N) is 1. The predicted octanol–water partition coefficient (Wildman–Crippen LogP) is 3.60. The van der Waals surface area contributed by atoms with Gasteiger partial charge in [0.05, 0.1) is 6.04 Å². The van der Waals surface area contributed by atoms with Crippen molar-refractivity contribution in [3.63, 3.8) is 0 Å². The van der Waals surface area contributed by atoms with E-state index in [1.807, 2.05) is 41.3 Å². The summed E-state index contributed by atoms with van der Waals surface area (Å²) in [6.45, 7) is 2.07. The maximum absolute atomic E-state index is 12.8. The number of benzene rings is 2. The van der Waals surface area contributed by atoms with Crippen molar-refractivity contribution in [1.29, 1.82) is 0 Å². The summed E-state index contributed by atoms with van der Waals surface area (Å²) in [6.07, 6.45) is 6.59. The number of nitrogens with one attached hydrogen (secondary N) is 2. The van der Waals surface area contributed by atoms with Gasteiger partial charge in [0.25, 0.3) is 0 Å². The van der Waals surface area contributed by atoms with Gasteiger partial charge in [0.1, 0.15) is 0 Å². The van der Waals surface area contributed by atoms with Crippen LogP contribution in [0, 0.1) is 0 Å². The van der Waals surface area contributed by atoms with Gasteiger partial charge in [0.2, 0.25) is 11.8 Å². The van der Waals surface area contributed by atoms with Crippen LogP contribution in [0.3, 0.4) is 0 Å². The van der Waals surface area contributed by atoms with Crippen LogP contribution in [0.1, 0.15) is 54.5 Å². The zero-order valence-electron chi connectivity index (χ0n) is 17.2. The first-order chi connectivity index (χ1) is 14.7. The monoisotopic (exact) mass is 403 g/mol. The van der Waals surface area contributed by atoms with Gasteiger partial charge in [-0.25, -0.2) is 0 Å². The zero-order valence-corrected chi connectivity index (χ0v) is 17.2. The van der Waals surface area contributed by atoms with Crippen LogP contribution in [0.25, 0.3) is 6.08 Å². The highest BCUT2D eigenvalue weighted by atomic mass is 16.2.